The Balaban J connectivity index is 2.44. The highest BCUT2D eigenvalue weighted by molar-refractivity contribution is 9.10. The Morgan fingerprint density at radius 2 is 2.20 bits per heavy atom. The Bertz CT molecular complexity index is 353. The largest absolute Gasteiger partial charge is 0.496 e. The number of aliphatic hydroxyl groups is 1. The molecule has 0 amide bonds. The lowest BCUT2D eigenvalue weighted by atomic mass is 9.65. The maximum absolute atomic E-state index is 9.53. The summed E-state index contributed by atoms with van der Waals surface area (Å²) in [6.45, 7) is 0.208. The third kappa shape index (κ3) is 1.79. The Morgan fingerprint density at radius 3 is 2.67 bits per heavy atom. The van der Waals surface area contributed by atoms with E-state index >= 15 is 0 Å². The van der Waals surface area contributed by atoms with Crippen molar-refractivity contribution in [2.24, 2.45) is 0 Å². The normalized spacial score (nSPS) is 18.3. The van der Waals surface area contributed by atoms with E-state index in [1.807, 2.05) is 12.1 Å². The van der Waals surface area contributed by atoms with Crippen LogP contribution in [0.2, 0.25) is 0 Å². The van der Waals surface area contributed by atoms with Crippen molar-refractivity contribution < 1.29 is 9.84 Å². The SMILES string of the molecule is COc1ccc(Br)cc1C1(CO)CCC1. The van der Waals surface area contributed by atoms with Crippen LogP contribution in [0.15, 0.2) is 22.7 Å². The smallest absolute Gasteiger partial charge is 0.122 e. The molecule has 0 heterocycles. The van der Waals surface area contributed by atoms with Crippen LogP contribution >= 0.6 is 15.9 Å². The molecule has 15 heavy (non-hydrogen) atoms. The first-order valence-corrected chi connectivity index (χ1v) is 5.96. The average molecular weight is 271 g/mol. The first-order valence-electron chi connectivity index (χ1n) is 5.17. The van der Waals surface area contributed by atoms with E-state index in [9.17, 15) is 5.11 Å². The Hall–Kier alpha value is -0.540. The minimum absolute atomic E-state index is 0.0604. The number of benzene rings is 1. The number of rotatable bonds is 3. The molecule has 0 spiro atoms. The van der Waals surface area contributed by atoms with E-state index in [1.165, 1.54) is 6.42 Å². The van der Waals surface area contributed by atoms with E-state index in [0.29, 0.717) is 0 Å². The fraction of sp³-hybridized carbons (Fsp3) is 0.500. The third-order valence-corrected chi connectivity index (χ3v) is 3.84. The molecule has 2 nitrogen and oxygen atoms in total. The highest BCUT2D eigenvalue weighted by atomic mass is 79.9. The molecule has 2 rings (SSSR count). The number of halogens is 1. The highest BCUT2D eigenvalue weighted by Crippen LogP contribution is 2.47. The molecule has 0 aromatic heterocycles. The zero-order valence-electron chi connectivity index (χ0n) is 8.79. The van der Waals surface area contributed by atoms with E-state index in [4.69, 9.17) is 4.74 Å². The number of aliphatic hydroxyl groups excluding tert-OH is 1. The second kappa shape index (κ2) is 4.14. The third-order valence-electron chi connectivity index (χ3n) is 3.35. The fourth-order valence-electron chi connectivity index (χ4n) is 2.21. The molecule has 3 heteroatoms. The number of methoxy groups -OCH3 is 1. The van der Waals surface area contributed by atoms with E-state index in [1.54, 1.807) is 7.11 Å². The van der Waals surface area contributed by atoms with Crippen molar-refractivity contribution in [3.05, 3.63) is 28.2 Å². The summed E-state index contributed by atoms with van der Waals surface area (Å²) in [7, 11) is 1.68. The van der Waals surface area contributed by atoms with Gasteiger partial charge in [0, 0.05) is 15.5 Å². The van der Waals surface area contributed by atoms with Gasteiger partial charge in [-0.05, 0) is 31.0 Å². The molecule has 1 fully saturated rings. The van der Waals surface area contributed by atoms with Crippen molar-refractivity contribution in [3.8, 4) is 5.75 Å². The highest BCUT2D eigenvalue weighted by Gasteiger charge is 2.40. The van der Waals surface area contributed by atoms with Gasteiger partial charge in [-0.1, -0.05) is 22.4 Å². The minimum atomic E-state index is -0.0604. The first-order chi connectivity index (χ1) is 7.22. The zero-order chi connectivity index (χ0) is 10.9. The van der Waals surface area contributed by atoms with Gasteiger partial charge in [-0.15, -0.1) is 0 Å². The maximum atomic E-state index is 9.53. The summed E-state index contributed by atoms with van der Waals surface area (Å²) in [5, 5.41) is 9.53. The summed E-state index contributed by atoms with van der Waals surface area (Å²) >= 11 is 3.46. The fourth-order valence-corrected chi connectivity index (χ4v) is 2.57. The predicted octanol–water partition coefficient (Wildman–Crippen LogP) is 2.87. The maximum Gasteiger partial charge on any atom is 0.122 e. The monoisotopic (exact) mass is 270 g/mol. The molecule has 1 aromatic carbocycles. The van der Waals surface area contributed by atoms with Crippen LogP contribution in [0.25, 0.3) is 0 Å². The van der Waals surface area contributed by atoms with Crippen LogP contribution in [0, 0.1) is 0 Å². The number of hydrogen-bond acceptors (Lipinski definition) is 2. The molecule has 1 aliphatic carbocycles. The molecule has 0 unspecified atom stereocenters. The van der Waals surface area contributed by atoms with Crippen molar-refractivity contribution >= 4 is 15.9 Å². The van der Waals surface area contributed by atoms with Crippen molar-refractivity contribution in [2.75, 3.05) is 13.7 Å². The van der Waals surface area contributed by atoms with E-state index in [-0.39, 0.29) is 12.0 Å². The molecule has 0 bridgehead atoms. The molecule has 1 aromatic rings. The summed E-state index contributed by atoms with van der Waals surface area (Å²) in [6, 6.07) is 5.98. The van der Waals surface area contributed by atoms with Crippen LogP contribution < -0.4 is 4.74 Å². The van der Waals surface area contributed by atoms with E-state index in [2.05, 4.69) is 22.0 Å². The van der Waals surface area contributed by atoms with Crippen LogP contribution in [0.4, 0.5) is 0 Å². The summed E-state index contributed by atoms with van der Waals surface area (Å²) in [4.78, 5) is 0. The summed E-state index contributed by atoms with van der Waals surface area (Å²) in [5.74, 6) is 0.881. The molecule has 82 valence electrons. The topological polar surface area (TPSA) is 29.5 Å². The van der Waals surface area contributed by atoms with Gasteiger partial charge in [-0.2, -0.15) is 0 Å². The molecule has 0 atom stereocenters. The van der Waals surface area contributed by atoms with Crippen molar-refractivity contribution in [1.29, 1.82) is 0 Å². The van der Waals surface area contributed by atoms with Gasteiger partial charge in [0.05, 0.1) is 13.7 Å². The van der Waals surface area contributed by atoms with Crippen LogP contribution in [0.5, 0.6) is 5.75 Å². The molecule has 0 radical (unpaired) electrons. The lowest BCUT2D eigenvalue weighted by molar-refractivity contribution is 0.117. The summed E-state index contributed by atoms with van der Waals surface area (Å²) < 4.78 is 6.39. The molecule has 0 aliphatic heterocycles. The molecule has 1 saturated carbocycles. The Kier molecular flexibility index (Phi) is 3.03. The minimum Gasteiger partial charge on any atom is -0.496 e. The van der Waals surface area contributed by atoms with Gasteiger partial charge in [0.1, 0.15) is 5.75 Å². The summed E-state index contributed by atoms with van der Waals surface area (Å²) in [5.41, 5.74) is 1.07. The van der Waals surface area contributed by atoms with Gasteiger partial charge < -0.3 is 9.84 Å². The van der Waals surface area contributed by atoms with E-state index in [0.717, 1.165) is 28.6 Å². The first kappa shape index (κ1) is 11.0. The Labute approximate surface area is 98.4 Å². The van der Waals surface area contributed by atoms with Gasteiger partial charge in [0.15, 0.2) is 0 Å². The molecule has 1 aliphatic rings. The quantitative estimate of drug-likeness (QED) is 0.916. The predicted molar refractivity (Wildman–Crippen MR) is 63.3 cm³/mol. The lowest BCUT2D eigenvalue weighted by Crippen LogP contribution is -2.38. The van der Waals surface area contributed by atoms with Crippen molar-refractivity contribution in [1.82, 2.24) is 0 Å². The van der Waals surface area contributed by atoms with Crippen LogP contribution in [-0.4, -0.2) is 18.8 Å². The van der Waals surface area contributed by atoms with Crippen LogP contribution in [0.3, 0.4) is 0 Å². The molecular weight excluding hydrogens is 256 g/mol. The molecule has 1 N–H and O–H groups in total. The van der Waals surface area contributed by atoms with E-state index < -0.39 is 0 Å². The van der Waals surface area contributed by atoms with Crippen molar-refractivity contribution in [2.45, 2.75) is 24.7 Å². The lowest BCUT2D eigenvalue weighted by Gasteiger charge is -2.41. The standard InChI is InChI=1S/C12H15BrO2/c1-15-11-4-3-9(13)7-10(11)12(8-14)5-2-6-12/h3-4,7,14H,2,5-6,8H2,1H3. The van der Waals surface area contributed by atoms with Crippen molar-refractivity contribution in [3.63, 3.8) is 0 Å². The molecule has 0 saturated heterocycles. The van der Waals surface area contributed by atoms with Gasteiger partial charge in [-0.3, -0.25) is 0 Å². The second-order valence-electron chi connectivity index (χ2n) is 4.14. The summed E-state index contributed by atoms with van der Waals surface area (Å²) in [6.07, 6.45) is 3.29. The zero-order valence-corrected chi connectivity index (χ0v) is 10.4. The average Bonchev–Trinajstić information content (AvgIpc) is 2.17. The second-order valence-corrected chi connectivity index (χ2v) is 5.05. The van der Waals surface area contributed by atoms with Gasteiger partial charge in [0.25, 0.3) is 0 Å². The van der Waals surface area contributed by atoms with Crippen LogP contribution in [0.1, 0.15) is 24.8 Å². The van der Waals surface area contributed by atoms with Gasteiger partial charge in [0.2, 0.25) is 0 Å². The van der Waals surface area contributed by atoms with Crippen LogP contribution in [-0.2, 0) is 5.41 Å². The Morgan fingerprint density at radius 1 is 1.47 bits per heavy atom. The number of ether oxygens (including phenoxy) is 1. The number of hydrogen-bond donors (Lipinski definition) is 1. The molecular formula is C12H15BrO2. The van der Waals surface area contributed by atoms with Gasteiger partial charge >= 0.3 is 0 Å². The van der Waals surface area contributed by atoms with Gasteiger partial charge in [-0.25, -0.2) is 0 Å².